The van der Waals surface area contributed by atoms with E-state index in [-0.39, 0.29) is 19.0 Å². The number of hydrogen-bond donors (Lipinski definition) is 1. The third-order valence-corrected chi connectivity index (χ3v) is 5.85. The summed E-state index contributed by atoms with van der Waals surface area (Å²) in [5.41, 5.74) is 1.24. The lowest BCUT2D eigenvalue weighted by atomic mass is 10.0. The molecule has 152 valence electrons. The highest BCUT2D eigenvalue weighted by molar-refractivity contribution is 7.18. The van der Waals surface area contributed by atoms with Crippen LogP contribution in [-0.2, 0) is 6.61 Å². The van der Waals surface area contributed by atoms with Gasteiger partial charge in [0.2, 0.25) is 0 Å². The molecule has 2 heterocycles. The van der Waals surface area contributed by atoms with Crippen LogP contribution >= 0.6 is 11.3 Å². The quantitative estimate of drug-likeness (QED) is 0.495. The third kappa shape index (κ3) is 3.81. The molecule has 5 rings (SSSR count). The number of halogens is 1. The number of thiazole rings is 1. The fraction of sp³-hybridized carbons (Fsp3) is 0.174. The van der Waals surface area contributed by atoms with Gasteiger partial charge in [0, 0.05) is 11.6 Å². The molecule has 1 aliphatic rings. The first-order chi connectivity index (χ1) is 14.7. The van der Waals surface area contributed by atoms with Gasteiger partial charge in [-0.25, -0.2) is 9.37 Å². The highest BCUT2D eigenvalue weighted by Gasteiger charge is 2.31. The minimum absolute atomic E-state index is 0.251. The maximum Gasteiger partial charge on any atom is 0.163 e. The molecule has 0 amide bonds. The van der Waals surface area contributed by atoms with Gasteiger partial charge in [-0.2, -0.15) is 0 Å². The zero-order chi connectivity index (χ0) is 20.5. The van der Waals surface area contributed by atoms with Crippen LogP contribution in [0.5, 0.6) is 17.2 Å². The monoisotopic (exact) mass is 423 g/mol. The van der Waals surface area contributed by atoms with Gasteiger partial charge >= 0.3 is 0 Å². The van der Waals surface area contributed by atoms with Crippen molar-refractivity contribution in [2.45, 2.75) is 18.8 Å². The van der Waals surface area contributed by atoms with Crippen LogP contribution in [0.3, 0.4) is 0 Å². The molecule has 0 saturated heterocycles. The minimum atomic E-state index is -0.845. The van der Waals surface area contributed by atoms with Crippen molar-refractivity contribution in [2.24, 2.45) is 0 Å². The highest BCUT2D eigenvalue weighted by atomic mass is 32.1. The normalized spacial score (nSPS) is 17.9. The Kier molecular flexibility index (Phi) is 4.98. The van der Waals surface area contributed by atoms with E-state index in [2.05, 4.69) is 4.98 Å². The summed E-state index contributed by atoms with van der Waals surface area (Å²) in [5.74, 6) is 1.56. The number of hydrogen-bond acceptors (Lipinski definition) is 6. The Balaban J connectivity index is 1.30. The van der Waals surface area contributed by atoms with Crippen LogP contribution < -0.4 is 14.2 Å². The van der Waals surface area contributed by atoms with E-state index in [1.807, 2.05) is 30.3 Å². The molecule has 0 saturated carbocycles. The predicted molar refractivity (Wildman–Crippen MR) is 112 cm³/mol. The average molecular weight is 423 g/mol. The Morgan fingerprint density at radius 1 is 1.07 bits per heavy atom. The summed E-state index contributed by atoms with van der Waals surface area (Å²) in [5, 5.41) is 11.6. The van der Waals surface area contributed by atoms with E-state index in [1.54, 1.807) is 24.3 Å². The number of ether oxygens (including phenoxy) is 3. The second-order valence-electron chi connectivity index (χ2n) is 6.93. The van der Waals surface area contributed by atoms with Crippen molar-refractivity contribution in [3.63, 3.8) is 0 Å². The number of benzene rings is 3. The van der Waals surface area contributed by atoms with Gasteiger partial charge in [-0.1, -0.05) is 18.2 Å². The number of rotatable bonds is 5. The largest absolute Gasteiger partial charge is 0.489 e. The molecule has 4 aromatic rings. The molecule has 0 radical (unpaired) electrons. The Morgan fingerprint density at radius 2 is 1.93 bits per heavy atom. The average Bonchev–Trinajstić information content (AvgIpc) is 3.17. The number of aliphatic hydroxyl groups excluding tert-OH is 1. The third-order valence-electron chi connectivity index (χ3n) is 4.84. The molecule has 0 unspecified atom stereocenters. The summed E-state index contributed by atoms with van der Waals surface area (Å²) in [4.78, 5) is 4.41. The summed E-state index contributed by atoms with van der Waals surface area (Å²) in [7, 11) is 0. The van der Waals surface area contributed by atoms with Crippen molar-refractivity contribution in [2.75, 3.05) is 6.61 Å². The summed E-state index contributed by atoms with van der Waals surface area (Å²) in [6.07, 6.45) is -1.36. The number of para-hydroxylation sites is 1. The van der Waals surface area contributed by atoms with E-state index < -0.39 is 12.2 Å². The zero-order valence-electron chi connectivity index (χ0n) is 15.8. The van der Waals surface area contributed by atoms with Crippen LogP contribution in [0.2, 0.25) is 0 Å². The summed E-state index contributed by atoms with van der Waals surface area (Å²) >= 11 is 1.46. The lowest BCUT2D eigenvalue weighted by molar-refractivity contribution is -0.0104. The van der Waals surface area contributed by atoms with Crippen LogP contribution in [0.15, 0.2) is 66.7 Å². The van der Waals surface area contributed by atoms with Gasteiger partial charge in [-0.05, 0) is 42.5 Å². The highest BCUT2D eigenvalue weighted by Crippen LogP contribution is 2.36. The van der Waals surface area contributed by atoms with Crippen molar-refractivity contribution in [1.29, 1.82) is 0 Å². The molecule has 3 aromatic carbocycles. The van der Waals surface area contributed by atoms with E-state index in [9.17, 15) is 9.50 Å². The number of aromatic nitrogens is 1. The van der Waals surface area contributed by atoms with Crippen LogP contribution in [0, 0.1) is 5.82 Å². The van der Waals surface area contributed by atoms with Crippen molar-refractivity contribution >= 4 is 21.6 Å². The maximum absolute atomic E-state index is 13.4. The van der Waals surface area contributed by atoms with Crippen molar-refractivity contribution in [3.05, 3.63) is 83.1 Å². The molecule has 0 fully saturated rings. The first-order valence-corrected chi connectivity index (χ1v) is 10.3. The molecular weight excluding hydrogens is 405 g/mol. The molecule has 0 spiro atoms. The van der Waals surface area contributed by atoms with Crippen molar-refractivity contribution < 1.29 is 23.7 Å². The first kappa shape index (κ1) is 18.8. The van der Waals surface area contributed by atoms with Gasteiger partial charge in [-0.3, -0.25) is 0 Å². The molecule has 0 bridgehead atoms. The zero-order valence-corrected chi connectivity index (χ0v) is 16.6. The van der Waals surface area contributed by atoms with Crippen LogP contribution in [-0.4, -0.2) is 22.8 Å². The molecule has 5 nitrogen and oxygen atoms in total. The lowest BCUT2D eigenvalue weighted by Gasteiger charge is -2.30. The number of fused-ring (bicyclic) bond motifs is 2. The number of nitrogens with zero attached hydrogens (tertiary/aromatic N) is 1. The fourth-order valence-corrected chi connectivity index (χ4v) is 4.23. The standard InChI is InChI=1S/C23H18FNO4S/c24-14-6-9-21-18(10-14)25-22(30-21)13-27-16-7-8-19-17(11-16)23(26)20(12-28-19)29-15-4-2-1-3-5-15/h1-11,20,23,26H,12-13H2/t20-,23+/m0/s1. The lowest BCUT2D eigenvalue weighted by Crippen LogP contribution is -2.35. The molecule has 7 heteroatoms. The Hall–Kier alpha value is -3.16. The van der Waals surface area contributed by atoms with Gasteiger partial charge < -0.3 is 19.3 Å². The molecule has 1 N–H and O–H groups in total. The number of aliphatic hydroxyl groups is 1. The Morgan fingerprint density at radius 3 is 2.80 bits per heavy atom. The van der Waals surface area contributed by atoms with E-state index >= 15 is 0 Å². The SMILES string of the molecule is O[C@@H]1c2cc(OCc3nc4cc(F)ccc4s3)ccc2OC[C@@H]1Oc1ccccc1. The van der Waals surface area contributed by atoms with Crippen molar-refractivity contribution in [1.82, 2.24) is 4.98 Å². The topological polar surface area (TPSA) is 60.8 Å². The van der Waals surface area contributed by atoms with E-state index in [1.165, 1.54) is 23.5 Å². The van der Waals surface area contributed by atoms with Crippen LogP contribution in [0.4, 0.5) is 4.39 Å². The van der Waals surface area contributed by atoms with Gasteiger partial charge in [-0.15, -0.1) is 11.3 Å². The van der Waals surface area contributed by atoms with E-state index in [0.717, 1.165) is 9.71 Å². The van der Waals surface area contributed by atoms with Gasteiger partial charge in [0.05, 0.1) is 10.2 Å². The maximum atomic E-state index is 13.4. The molecule has 0 aliphatic carbocycles. The molecule has 2 atom stereocenters. The van der Waals surface area contributed by atoms with Gasteiger partial charge in [0.15, 0.2) is 6.10 Å². The predicted octanol–water partition coefficient (Wildman–Crippen LogP) is 4.89. The minimum Gasteiger partial charge on any atom is -0.489 e. The first-order valence-electron chi connectivity index (χ1n) is 9.50. The van der Waals surface area contributed by atoms with E-state index in [0.29, 0.717) is 28.3 Å². The van der Waals surface area contributed by atoms with Gasteiger partial charge in [0.25, 0.3) is 0 Å². The molecular formula is C23H18FNO4S. The van der Waals surface area contributed by atoms with Crippen LogP contribution in [0.25, 0.3) is 10.2 Å². The fourth-order valence-electron chi connectivity index (χ4n) is 3.37. The Labute approximate surface area is 176 Å². The van der Waals surface area contributed by atoms with E-state index in [4.69, 9.17) is 14.2 Å². The Bertz CT molecular complexity index is 1180. The summed E-state index contributed by atoms with van der Waals surface area (Å²) in [6.45, 7) is 0.506. The smallest absolute Gasteiger partial charge is 0.163 e. The second-order valence-corrected chi connectivity index (χ2v) is 8.05. The summed E-state index contributed by atoms with van der Waals surface area (Å²) < 4.78 is 31.8. The molecule has 30 heavy (non-hydrogen) atoms. The van der Waals surface area contributed by atoms with Gasteiger partial charge in [0.1, 0.15) is 47.4 Å². The molecule has 1 aromatic heterocycles. The van der Waals surface area contributed by atoms with Crippen LogP contribution in [0.1, 0.15) is 16.7 Å². The molecule has 1 aliphatic heterocycles. The van der Waals surface area contributed by atoms with Crippen molar-refractivity contribution in [3.8, 4) is 17.2 Å². The second kappa shape index (κ2) is 7.93. The summed E-state index contributed by atoms with van der Waals surface area (Å²) in [6, 6.07) is 19.2.